The van der Waals surface area contributed by atoms with E-state index < -0.39 is 47.1 Å². The summed E-state index contributed by atoms with van der Waals surface area (Å²) in [5.41, 5.74) is 0.0505. The summed E-state index contributed by atoms with van der Waals surface area (Å²) in [5, 5.41) is 16.0. The highest BCUT2D eigenvalue weighted by atomic mass is 19.4. The number of alkyl halides is 3. The number of nitrogens with one attached hydrogen (secondary N) is 2. The van der Waals surface area contributed by atoms with Gasteiger partial charge >= 0.3 is 6.18 Å². The highest BCUT2D eigenvalue weighted by molar-refractivity contribution is 6.00. The van der Waals surface area contributed by atoms with Crippen LogP contribution in [0, 0.1) is 5.82 Å². The lowest BCUT2D eigenvalue weighted by molar-refractivity contribution is -0.265. The Bertz CT molecular complexity index is 1630. The maximum atomic E-state index is 14.6. The normalized spacial score (nSPS) is 18.9. The third-order valence-electron chi connectivity index (χ3n) is 7.68. The van der Waals surface area contributed by atoms with Crippen molar-refractivity contribution in [3.8, 4) is 22.8 Å². The van der Waals surface area contributed by atoms with E-state index in [1.54, 1.807) is 0 Å². The first-order valence-corrected chi connectivity index (χ1v) is 13.0. The van der Waals surface area contributed by atoms with E-state index in [4.69, 9.17) is 15.2 Å². The van der Waals surface area contributed by atoms with Crippen molar-refractivity contribution in [3.63, 3.8) is 0 Å². The maximum absolute atomic E-state index is 14.6. The van der Waals surface area contributed by atoms with E-state index >= 15 is 0 Å². The molecule has 0 radical (unpaired) electrons. The first-order chi connectivity index (χ1) is 20.2. The summed E-state index contributed by atoms with van der Waals surface area (Å²) in [5.74, 6) is -2.64. The van der Waals surface area contributed by atoms with E-state index in [1.807, 2.05) is 0 Å². The molecule has 1 unspecified atom stereocenters. The first kappa shape index (κ1) is 29.8. The molecule has 2 aliphatic heterocycles. The van der Waals surface area contributed by atoms with Crippen molar-refractivity contribution in [1.29, 1.82) is 0 Å². The van der Waals surface area contributed by atoms with Crippen LogP contribution in [-0.2, 0) is 27.0 Å². The lowest BCUT2D eigenvalue weighted by Crippen LogP contribution is -2.51. The minimum atomic E-state index is -5.37. The molecule has 14 heteroatoms. The fraction of sp³-hybridized carbons (Fsp3) is 0.310. The molecule has 2 atom stereocenters. The van der Waals surface area contributed by atoms with Crippen LogP contribution in [0.4, 0.5) is 23.2 Å². The second kappa shape index (κ2) is 10.5. The van der Waals surface area contributed by atoms with Crippen molar-refractivity contribution < 1.29 is 46.5 Å². The molecule has 2 aromatic carbocycles. The molecule has 0 saturated carbocycles. The summed E-state index contributed by atoms with van der Waals surface area (Å²) >= 11 is 0. The van der Waals surface area contributed by atoms with E-state index in [0.717, 1.165) is 18.2 Å². The Kier molecular flexibility index (Phi) is 7.28. The molecular formula is C29H26F4N4O6. The molecule has 0 fully saturated rings. The van der Waals surface area contributed by atoms with Crippen molar-refractivity contribution in [2.24, 2.45) is 5.73 Å². The van der Waals surface area contributed by atoms with Crippen LogP contribution < -0.4 is 25.8 Å². The Morgan fingerprint density at radius 3 is 2.51 bits per heavy atom. The molecule has 5 rings (SSSR count). The molecule has 10 nitrogen and oxygen atoms in total. The summed E-state index contributed by atoms with van der Waals surface area (Å²) < 4.78 is 68.5. The number of carbonyl (C=O) groups excluding carboxylic acids is 3. The second-order valence-corrected chi connectivity index (χ2v) is 10.5. The number of methoxy groups -OCH3 is 1. The molecule has 0 aliphatic carbocycles. The molecule has 5 N–H and O–H groups in total. The minimum Gasteiger partial charge on any atom is -0.495 e. The number of amides is 3. The predicted molar refractivity (Wildman–Crippen MR) is 144 cm³/mol. The fourth-order valence-electron chi connectivity index (χ4n) is 5.00. The Hall–Kier alpha value is -4.72. The van der Waals surface area contributed by atoms with Crippen LogP contribution in [0.15, 0.2) is 42.5 Å². The van der Waals surface area contributed by atoms with Crippen LogP contribution in [0.2, 0.25) is 0 Å². The quantitative estimate of drug-likeness (QED) is 0.303. The number of aromatic nitrogens is 1. The number of aliphatic hydroxyl groups is 1. The zero-order valence-corrected chi connectivity index (χ0v) is 22.9. The third kappa shape index (κ3) is 5.11. The average molecular weight is 603 g/mol. The molecule has 0 spiro atoms. The number of nitrogens with zero attached hydrogens (tertiary/aromatic N) is 1. The molecule has 0 bridgehead atoms. The molecule has 226 valence electrons. The van der Waals surface area contributed by atoms with Crippen molar-refractivity contribution >= 4 is 23.4 Å². The lowest BCUT2D eigenvalue weighted by Gasteiger charge is -2.31. The Labute approximate surface area is 242 Å². The van der Waals surface area contributed by atoms with Gasteiger partial charge in [-0.05, 0) is 61.4 Å². The summed E-state index contributed by atoms with van der Waals surface area (Å²) in [4.78, 5) is 41.3. The molecule has 1 aromatic heterocycles. The number of fused-ring (bicyclic) bond motifs is 2. The molecule has 3 amide bonds. The monoisotopic (exact) mass is 602 g/mol. The van der Waals surface area contributed by atoms with Gasteiger partial charge in [0.05, 0.1) is 25.0 Å². The van der Waals surface area contributed by atoms with Gasteiger partial charge in [0, 0.05) is 23.1 Å². The van der Waals surface area contributed by atoms with E-state index in [9.17, 15) is 37.1 Å². The fourth-order valence-corrected chi connectivity index (χ4v) is 5.00. The molecule has 0 saturated heterocycles. The number of ether oxygens (including phenoxy) is 2. The number of hydrogen-bond donors (Lipinski definition) is 4. The SMILES string of the molecule is COc1cc(C(=O)NCC(O)(c2cc3c(c(-c4ccc(F)cc4)n2)OC[C@]3(C)C(N)=O)C(F)(F)F)cc2c1NC(=O)CC2. The van der Waals surface area contributed by atoms with Crippen molar-refractivity contribution in [2.45, 2.75) is 37.0 Å². The Morgan fingerprint density at radius 1 is 1.19 bits per heavy atom. The van der Waals surface area contributed by atoms with E-state index in [0.29, 0.717) is 11.3 Å². The molecule has 43 heavy (non-hydrogen) atoms. The number of anilines is 1. The van der Waals surface area contributed by atoms with Crippen LogP contribution in [0.1, 0.15) is 40.5 Å². The van der Waals surface area contributed by atoms with Gasteiger partial charge in [0.2, 0.25) is 17.4 Å². The maximum Gasteiger partial charge on any atom is 0.424 e. The highest BCUT2D eigenvalue weighted by Crippen LogP contribution is 2.47. The number of hydrogen-bond acceptors (Lipinski definition) is 7. The Morgan fingerprint density at radius 2 is 1.88 bits per heavy atom. The molecule has 3 aromatic rings. The van der Waals surface area contributed by atoms with Gasteiger partial charge in [0.15, 0.2) is 0 Å². The summed E-state index contributed by atoms with van der Waals surface area (Å²) in [7, 11) is 1.31. The summed E-state index contributed by atoms with van der Waals surface area (Å²) in [6.07, 6.45) is -4.96. The average Bonchev–Trinajstić information content (AvgIpc) is 3.32. The standard InChI is InChI=1S/C29H26F4N4O6/c1-27(26(34)40)13-43-24-18(27)11-20(36-23(24)14-3-6-17(30)7-4-14)28(41,29(31,32)33)12-35-25(39)16-9-15-5-8-21(38)37-22(15)19(10-16)42-2/h3-4,6-7,9-11,41H,5,8,12-13H2,1-2H3,(H2,34,40)(H,35,39)(H,37,38)/t27-,28?/m0/s1. The van der Waals surface area contributed by atoms with Gasteiger partial charge in [-0.1, -0.05) is 0 Å². The zero-order chi connectivity index (χ0) is 31.3. The first-order valence-electron chi connectivity index (χ1n) is 13.0. The Balaban J connectivity index is 1.56. The number of primary amides is 1. The molecular weight excluding hydrogens is 576 g/mol. The van der Waals surface area contributed by atoms with Gasteiger partial charge in [-0.25, -0.2) is 9.37 Å². The van der Waals surface area contributed by atoms with Crippen LogP contribution in [-0.4, -0.2) is 54.2 Å². The zero-order valence-electron chi connectivity index (χ0n) is 22.9. The van der Waals surface area contributed by atoms with E-state index in [2.05, 4.69) is 15.6 Å². The number of nitrogens with two attached hydrogens (primary N) is 1. The van der Waals surface area contributed by atoms with Crippen molar-refractivity contribution in [3.05, 3.63) is 70.7 Å². The number of rotatable bonds is 7. The van der Waals surface area contributed by atoms with Gasteiger partial charge in [-0.2, -0.15) is 13.2 Å². The summed E-state index contributed by atoms with van der Waals surface area (Å²) in [6, 6.07) is 8.18. The van der Waals surface area contributed by atoms with Gasteiger partial charge in [0.25, 0.3) is 5.91 Å². The van der Waals surface area contributed by atoms with Gasteiger partial charge in [-0.3, -0.25) is 14.4 Å². The van der Waals surface area contributed by atoms with E-state index in [1.165, 1.54) is 38.3 Å². The smallest absolute Gasteiger partial charge is 0.424 e. The minimum absolute atomic E-state index is 0.0431. The third-order valence-corrected chi connectivity index (χ3v) is 7.68. The topological polar surface area (TPSA) is 153 Å². The van der Waals surface area contributed by atoms with Crippen molar-refractivity contribution in [2.75, 3.05) is 25.6 Å². The van der Waals surface area contributed by atoms with Gasteiger partial charge < -0.3 is 30.9 Å². The largest absolute Gasteiger partial charge is 0.495 e. The van der Waals surface area contributed by atoms with E-state index in [-0.39, 0.29) is 59.2 Å². The highest BCUT2D eigenvalue weighted by Gasteiger charge is 2.57. The number of pyridine rings is 1. The second-order valence-electron chi connectivity index (χ2n) is 10.5. The van der Waals surface area contributed by atoms with Crippen LogP contribution in [0.3, 0.4) is 0 Å². The number of benzene rings is 2. The predicted octanol–water partition coefficient (Wildman–Crippen LogP) is 3.10. The molecule has 3 heterocycles. The molecule has 2 aliphatic rings. The lowest BCUT2D eigenvalue weighted by atomic mass is 9.81. The van der Waals surface area contributed by atoms with Crippen LogP contribution >= 0.6 is 0 Å². The van der Waals surface area contributed by atoms with Gasteiger partial charge in [-0.15, -0.1) is 0 Å². The van der Waals surface area contributed by atoms with Crippen LogP contribution in [0.25, 0.3) is 11.3 Å². The number of aryl methyl sites for hydroxylation is 1. The number of carbonyl (C=O) groups is 3. The summed E-state index contributed by atoms with van der Waals surface area (Å²) in [6.45, 7) is -0.299. The van der Waals surface area contributed by atoms with Gasteiger partial charge in [0.1, 0.15) is 35.0 Å². The number of halogens is 4. The van der Waals surface area contributed by atoms with Crippen molar-refractivity contribution in [1.82, 2.24) is 10.3 Å². The van der Waals surface area contributed by atoms with Crippen LogP contribution in [0.5, 0.6) is 11.5 Å².